The maximum atomic E-state index is 12.2. The van der Waals surface area contributed by atoms with Crippen LogP contribution in [0.2, 0.25) is 0 Å². The molecule has 1 aromatic rings. The SMILES string of the molecule is Cc1sc(CCl)cc1S(=O)(=O)N(C)CC(F)F. The minimum atomic E-state index is -3.85. The van der Waals surface area contributed by atoms with Gasteiger partial charge in [0.25, 0.3) is 6.43 Å². The Hall–Kier alpha value is -0.240. The van der Waals surface area contributed by atoms with Gasteiger partial charge < -0.3 is 0 Å². The molecule has 0 aliphatic carbocycles. The molecule has 98 valence electrons. The minimum absolute atomic E-state index is 0.0568. The molecule has 0 bridgehead atoms. The van der Waals surface area contributed by atoms with E-state index < -0.39 is 23.0 Å². The molecule has 0 saturated carbocycles. The topological polar surface area (TPSA) is 37.4 Å². The highest BCUT2D eigenvalue weighted by molar-refractivity contribution is 7.89. The molecular weight excluding hydrogens is 292 g/mol. The Morgan fingerprint density at radius 1 is 1.53 bits per heavy atom. The molecule has 3 nitrogen and oxygen atoms in total. The average molecular weight is 304 g/mol. The van der Waals surface area contributed by atoms with Crippen molar-refractivity contribution in [2.75, 3.05) is 13.6 Å². The number of halogens is 3. The van der Waals surface area contributed by atoms with Crippen molar-refractivity contribution < 1.29 is 17.2 Å². The molecule has 17 heavy (non-hydrogen) atoms. The zero-order valence-electron chi connectivity index (χ0n) is 9.28. The summed E-state index contributed by atoms with van der Waals surface area (Å²) in [7, 11) is -2.71. The van der Waals surface area contributed by atoms with E-state index in [1.165, 1.54) is 17.4 Å². The second kappa shape index (κ2) is 5.60. The fourth-order valence-electron chi connectivity index (χ4n) is 1.31. The third-order valence-electron chi connectivity index (χ3n) is 2.14. The van der Waals surface area contributed by atoms with E-state index in [0.717, 1.165) is 7.05 Å². The minimum Gasteiger partial charge on any atom is -0.209 e. The van der Waals surface area contributed by atoms with Crippen LogP contribution >= 0.6 is 22.9 Å². The summed E-state index contributed by atoms with van der Waals surface area (Å²) in [6, 6.07) is 1.43. The van der Waals surface area contributed by atoms with Crippen LogP contribution in [0, 0.1) is 6.92 Å². The molecule has 0 radical (unpaired) electrons. The lowest BCUT2D eigenvalue weighted by atomic mass is 10.4. The first-order valence-corrected chi connectivity index (χ1v) is 7.48. The highest BCUT2D eigenvalue weighted by Gasteiger charge is 2.26. The Labute approximate surface area is 108 Å². The van der Waals surface area contributed by atoms with Gasteiger partial charge in [-0.3, -0.25) is 0 Å². The number of thiophene rings is 1. The van der Waals surface area contributed by atoms with Gasteiger partial charge in [0, 0.05) is 16.8 Å². The first-order chi connectivity index (χ1) is 7.78. The van der Waals surface area contributed by atoms with Gasteiger partial charge >= 0.3 is 0 Å². The summed E-state index contributed by atoms with van der Waals surface area (Å²) in [6.45, 7) is 0.817. The molecule has 8 heteroatoms. The average Bonchev–Trinajstić information content (AvgIpc) is 2.59. The van der Waals surface area contributed by atoms with Gasteiger partial charge in [0.05, 0.1) is 17.3 Å². The second-order valence-corrected chi connectivity index (χ2v) is 7.06. The summed E-state index contributed by atoms with van der Waals surface area (Å²) in [5.41, 5.74) is 0. The molecule has 0 spiro atoms. The van der Waals surface area contributed by atoms with E-state index in [1.807, 2.05) is 0 Å². The van der Waals surface area contributed by atoms with Crippen molar-refractivity contribution in [2.45, 2.75) is 24.1 Å². The number of nitrogens with zero attached hydrogens (tertiary/aromatic N) is 1. The standard InChI is InChI=1S/C9H12ClF2NO2S2/c1-6-8(3-7(4-10)16-6)17(14,15)13(2)5-9(11)12/h3,9H,4-5H2,1-2H3. The molecule has 1 heterocycles. The summed E-state index contributed by atoms with van der Waals surface area (Å²) in [4.78, 5) is 1.32. The number of hydrogen-bond acceptors (Lipinski definition) is 3. The van der Waals surface area contributed by atoms with Crippen LogP contribution in [0.3, 0.4) is 0 Å². The lowest BCUT2D eigenvalue weighted by Crippen LogP contribution is -2.31. The quantitative estimate of drug-likeness (QED) is 0.784. The van der Waals surface area contributed by atoms with Crippen LogP contribution in [-0.2, 0) is 15.9 Å². The van der Waals surface area contributed by atoms with Crippen molar-refractivity contribution in [1.29, 1.82) is 0 Å². The Morgan fingerprint density at radius 3 is 2.53 bits per heavy atom. The maximum absolute atomic E-state index is 12.2. The smallest absolute Gasteiger partial charge is 0.209 e. The molecule has 0 amide bonds. The molecule has 0 atom stereocenters. The maximum Gasteiger partial charge on any atom is 0.252 e. The molecule has 1 aromatic heterocycles. The van der Waals surface area contributed by atoms with Crippen molar-refractivity contribution in [3.63, 3.8) is 0 Å². The van der Waals surface area contributed by atoms with E-state index in [9.17, 15) is 17.2 Å². The van der Waals surface area contributed by atoms with E-state index in [0.29, 0.717) is 14.1 Å². The molecule has 0 fully saturated rings. The summed E-state index contributed by atoms with van der Waals surface area (Å²) in [6.07, 6.45) is -2.69. The number of rotatable bonds is 5. The lowest BCUT2D eigenvalue weighted by Gasteiger charge is -2.16. The second-order valence-electron chi connectivity index (χ2n) is 3.44. The van der Waals surface area contributed by atoms with Crippen LogP contribution in [0.5, 0.6) is 0 Å². The molecule has 0 N–H and O–H groups in total. The highest BCUT2D eigenvalue weighted by Crippen LogP contribution is 2.28. The molecular formula is C9H12ClF2NO2S2. The first kappa shape index (κ1) is 14.8. The summed E-state index contributed by atoms with van der Waals surface area (Å²) in [5.74, 6) is 0.208. The van der Waals surface area contributed by atoms with Crippen LogP contribution in [0.25, 0.3) is 0 Å². The van der Waals surface area contributed by atoms with E-state index in [2.05, 4.69) is 0 Å². The fourth-order valence-corrected chi connectivity index (χ4v) is 4.15. The first-order valence-electron chi connectivity index (χ1n) is 4.68. The zero-order valence-corrected chi connectivity index (χ0v) is 11.7. The Balaban J connectivity index is 3.08. The molecule has 0 saturated heterocycles. The van der Waals surface area contributed by atoms with Crippen LogP contribution < -0.4 is 0 Å². The van der Waals surface area contributed by atoms with Crippen molar-refractivity contribution >= 4 is 33.0 Å². The van der Waals surface area contributed by atoms with E-state index in [4.69, 9.17) is 11.6 Å². The van der Waals surface area contributed by atoms with Gasteiger partial charge in [0.2, 0.25) is 10.0 Å². The molecule has 0 unspecified atom stereocenters. The molecule has 0 aromatic carbocycles. The van der Waals surface area contributed by atoms with Crippen molar-refractivity contribution in [2.24, 2.45) is 0 Å². The zero-order chi connectivity index (χ0) is 13.2. The summed E-state index contributed by atoms with van der Waals surface area (Å²) >= 11 is 6.86. The van der Waals surface area contributed by atoms with Crippen molar-refractivity contribution in [3.8, 4) is 0 Å². The van der Waals surface area contributed by atoms with Crippen LogP contribution in [0.1, 0.15) is 9.75 Å². The van der Waals surface area contributed by atoms with Gasteiger partial charge in [-0.05, 0) is 13.0 Å². The van der Waals surface area contributed by atoms with Gasteiger partial charge in [-0.25, -0.2) is 17.2 Å². The van der Waals surface area contributed by atoms with E-state index in [-0.39, 0.29) is 10.8 Å². The van der Waals surface area contributed by atoms with E-state index in [1.54, 1.807) is 6.92 Å². The number of alkyl halides is 3. The molecule has 0 aliphatic heterocycles. The molecule has 1 rings (SSSR count). The van der Waals surface area contributed by atoms with Gasteiger partial charge in [-0.2, -0.15) is 4.31 Å². The molecule has 0 aliphatic rings. The Morgan fingerprint density at radius 2 is 2.12 bits per heavy atom. The fraction of sp³-hybridized carbons (Fsp3) is 0.556. The lowest BCUT2D eigenvalue weighted by molar-refractivity contribution is 0.126. The monoisotopic (exact) mass is 303 g/mol. The predicted octanol–water partition coefficient (Wildman–Crippen LogP) is 2.68. The third-order valence-corrected chi connectivity index (χ3v) is 5.71. The van der Waals surface area contributed by atoms with Gasteiger partial charge in [-0.15, -0.1) is 22.9 Å². The largest absolute Gasteiger partial charge is 0.252 e. The van der Waals surface area contributed by atoms with E-state index >= 15 is 0 Å². The van der Waals surface area contributed by atoms with Crippen molar-refractivity contribution in [3.05, 3.63) is 15.8 Å². The number of sulfonamides is 1. The van der Waals surface area contributed by atoms with Crippen molar-refractivity contribution in [1.82, 2.24) is 4.31 Å². The van der Waals surface area contributed by atoms with Gasteiger partial charge in [0.15, 0.2) is 0 Å². The summed E-state index contributed by atoms with van der Waals surface area (Å²) in [5, 5.41) is 0. The normalized spacial score (nSPS) is 12.6. The van der Waals surface area contributed by atoms with Gasteiger partial charge in [-0.1, -0.05) is 0 Å². The number of hydrogen-bond donors (Lipinski definition) is 0. The Bertz CT molecular complexity index is 487. The summed E-state index contributed by atoms with van der Waals surface area (Å²) < 4.78 is 49.0. The van der Waals surface area contributed by atoms with Crippen LogP contribution in [-0.4, -0.2) is 32.7 Å². The third kappa shape index (κ3) is 3.37. The van der Waals surface area contributed by atoms with Gasteiger partial charge in [0.1, 0.15) is 0 Å². The predicted molar refractivity (Wildman–Crippen MR) is 64.4 cm³/mol. The van der Waals surface area contributed by atoms with Crippen LogP contribution in [0.15, 0.2) is 11.0 Å². The number of aryl methyl sites for hydroxylation is 1. The Kier molecular flexibility index (Phi) is 4.88. The van der Waals surface area contributed by atoms with Crippen LogP contribution in [0.4, 0.5) is 8.78 Å². The highest BCUT2D eigenvalue weighted by atomic mass is 35.5.